The van der Waals surface area contributed by atoms with Crippen LogP contribution in [0.4, 0.5) is 11.4 Å². The van der Waals surface area contributed by atoms with Gasteiger partial charge < -0.3 is 15.4 Å². The topological polar surface area (TPSA) is 80.3 Å². The molecule has 1 aromatic carbocycles. The van der Waals surface area contributed by atoms with Crippen LogP contribution in [0.5, 0.6) is 5.88 Å². The molecular weight excluding hydrogens is 354 g/mol. The second-order valence-corrected chi connectivity index (χ2v) is 7.06. The van der Waals surface area contributed by atoms with Crippen molar-refractivity contribution in [3.05, 3.63) is 47.1 Å². The molecule has 0 atom stereocenters. The van der Waals surface area contributed by atoms with Gasteiger partial charge in [-0.1, -0.05) is 38.4 Å². The number of carbonyl (C=O) groups excluding carboxylic acids is 2. The maximum absolute atomic E-state index is 12.5. The third-order valence-electron chi connectivity index (χ3n) is 3.39. The van der Waals surface area contributed by atoms with Gasteiger partial charge in [-0.3, -0.25) is 9.59 Å². The predicted octanol–water partition coefficient (Wildman–Crippen LogP) is 4.37. The average Bonchev–Trinajstić information content (AvgIpc) is 2.56. The molecule has 1 aromatic heterocycles. The summed E-state index contributed by atoms with van der Waals surface area (Å²) >= 11 is 6.07. The number of benzene rings is 1. The molecular formula is C19H22ClN3O3. The van der Waals surface area contributed by atoms with Gasteiger partial charge in [0.15, 0.2) is 5.69 Å². The minimum absolute atomic E-state index is 0.0711. The highest BCUT2D eigenvalue weighted by molar-refractivity contribution is 6.34. The van der Waals surface area contributed by atoms with Crippen LogP contribution in [0, 0.1) is 5.41 Å². The number of hydrogen-bond donors (Lipinski definition) is 2. The molecule has 7 heteroatoms. The number of aromatic nitrogens is 1. The van der Waals surface area contributed by atoms with E-state index < -0.39 is 11.3 Å². The van der Waals surface area contributed by atoms with E-state index in [1.807, 2.05) is 27.7 Å². The van der Waals surface area contributed by atoms with Gasteiger partial charge in [-0.15, -0.1) is 0 Å². The fourth-order valence-corrected chi connectivity index (χ4v) is 2.19. The molecule has 0 saturated heterocycles. The lowest BCUT2D eigenvalue weighted by atomic mass is 9.95. The Hall–Kier alpha value is -2.60. The molecule has 0 fully saturated rings. The molecule has 0 spiro atoms. The Morgan fingerprint density at radius 2 is 1.77 bits per heavy atom. The Bertz CT molecular complexity index is 816. The summed E-state index contributed by atoms with van der Waals surface area (Å²) in [5.74, 6) is -0.251. The van der Waals surface area contributed by atoms with Crippen molar-refractivity contribution >= 4 is 34.8 Å². The molecule has 138 valence electrons. The Balaban J connectivity index is 2.16. The van der Waals surface area contributed by atoms with Crippen LogP contribution in [0.15, 0.2) is 36.4 Å². The largest absolute Gasteiger partial charge is 0.478 e. The van der Waals surface area contributed by atoms with Gasteiger partial charge in [0.1, 0.15) is 0 Å². The van der Waals surface area contributed by atoms with Crippen molar-refractivity contribution in [2.24, 2.45) is 5.41 Å². The van der Waals surface area contributed by atoms with Crippen molar-refractivity contribution in [3.8, 4) is 5.88 Å². The number of nitrogens with zero attached hydrogens (tertiary/aromatic N) is 1. The minimum Gasteiger partial charge on any atom is -0.478 e. The first-order valence-electron chi connectivity index (χ1n) is 8.23. The second kappa shape index (κ2) is 8.19. The number of carbonyl (C=O) groups is 2. The van der Waals surface area contributed by atoms with Gasteiger partial charge in [0.25, 0.3) is 5.91 Å². The molecule has 2 amide bonds. The number of amides is 2. The molecule has 1 heterocycles. The summed E-state index contributed by atoms with van der Waals surface area (Å²) < 4.78 is 5.30. The summed E-state index contributed by atoms with van der Waals surface area (Å²) in [6.45, 7) is 7.74. The van der Waals surface area contributed by atoms with Crippen molar-refractivity contribution in [3.63, 3.8) is 0 Å². The van der Waals surface area contributed by atoms with Crippen LogP contribution in [-0.2, 0) is 4.79 Å². The van der Waals surface area contributed by atoms with Crippen molar-refractivity contribution in [1.82, 2.24) is 4.98 Å². The van der Waals surface area contributed by atoms with Crippen LogP contribution in [0.1, 0.15) is 38.2 Å². The first kappa shape index (κ1) is 19.7. The summed E-state index contributed by atoms with van der Waals surface area (Å²) in [6, 6.07) is 10.0. The quantitative estimate of drug-likeness (QED) is 0.813. The molecule has 6 nitrogen and oxygen atoms in total. The van der Waals surface area contributed by atoms with Gasteiger partial charge in [-0.25, -0.2) is 4.98 Å². The standard InChI is InChI=1S/C19H22ClN3O3/c1-5-26-15-10-9-14(20)16(23-15)17(24)21-12-7-6-8-13(11-12)22-18(25)19(2,3)4/h6-11H,5H2,1-4H3,(H,21,24)(H,22,25). The van der Waals surface area contributed by atoms with Gasteiger partial charge in [-0.05, 0) is 31.2 Å². The highest BCUT2D eigenvalue weighted by Gasteiger charge is 2.21. The number of halogens is 1. The van der Waals surface area contributed by atoms with Crippen LogP contribution in [0.25, 0.3) is 0 Å². The molecule has 2 aromatic rings. The highest BCUT2D eigenvalue weighted by Crippen LogP contribution is 2.22. The first-order valence-corrected chi connectivity index (χ1v) is 8.60. The van der Waals surface area contributed by atoms with E-state index in [2.05, 4.69) is 15.6 Å². The Kier molecular flexibility index (Phi) is 6.21. The van der Waals surface area contributed by atoms with Crippen molar-refractivity contribution in [2.45, 2.75) is 27.7 Å². The van der Waals surface area contributed by atoms with E-state index in [0.29, 0.717) is 23.9 Å². The zero-order valence-corrected chi connectivity index (χ0v) is 16.0. The molecule has 0 aliphatic rings. The number of anilines is 2. The Labute approximate surface area is 157 Å². The molecule has 2 N–H and O–H groups in total. The van der Waals surface area contributed by atoms with E-state index >= 15 is 0 Å². The van der Waals surface area contributed by atoms with Crippen molar-refractivity contribution < 1.29 is 14.3 Å². The lowest BCUT2D eigenvalue weighted by molar-refractivity contribution is -0.123. The van der Waals surface area contributed by atoms with Crippen LogP contribution < -0.4 is 15.4 Å². The summed E-state index contributed by atoms with van der Waals surface area (Å²) in [5, 5.41) is 5.77. The van der Waals surface area contributed by atoms with E-state index in [-0.39, 0.29) is 16.6 Å². The lowest BCUT2D eigenvalue weighted by Gasteiger charge is -2.18. The zero-order valence-electron chi connectivity index (χ0n) is 15.2. The summed E-state index contributed by atoms with van der Waals surface area (Å²) in [5.41, 5.74) is 0.657. The normalized spacial score (nSPS) is 11.0. The van der Waals surface area contributed by atoms with Crippen LogP contribution in [0.3, 0.4) is 0 Å². The minimum atomic E-state index is -0.517. The van der Waals surface area contributed by atoms with E-state index in [4.69, 9.17) is 16.3 Å². The van der Waals surface area contributed by atoms with Gasteiger partial charge in [0.05, 0.1) is 11.6 Å². The van der Waals surface area contributed by atoms with Crippen LogP contribution in [0.2, 0.25) is 5.02 Å². The molecule has 0 aliphatic carbocycles. The zero-order chi connectivity index (χ0) is 19.3. The SMILES string of the molecule is CCOc1ccc(Cl)c(C(=O)Nc2cccc(NC(=O)C(C)(C)C)c2)n1. The number of nitrogens with one attached hydrogen (secondary N) is 2. The number of rotatable bonds is 5. The third-order valence-corrected chi connectivity index (χ3v) is 3.69. The summed E-state index contributed by atoms with van der Waals surface area (Å²) in [6.07, 6.45) is 0. The summed E-state index contributed by atoms with van der Waals surface area (Å²) in [4.78, 5) is 28.7. The van der Waals surface area contributed by atoms with E-state index in [1.54, 1.807) is 36.4 Å². The highest BCUT2D eigenvalue weighted by atomic mass is 35.5. The van der Waals surface area contributed by atoms with Crippen LogP contribution >= 0.6 is 11.6 Å². The smallest absolute Gasteiger partial charge is 0.275 e. The van der Waals surface area contributed by atoms with E-state index in [9.17, 15) is 9.59 Å². The molecule has 0 saturated carbocycles. The van der Waals surface area contributed by atoms with Gasteiger partial charge >= 0.3 is 0 Å². The fraction of sp³-hybridized carbons (Fsp3) is 0.316. The van der Waals surface area contributed by atoms with Gasteiger partial charge in [-0.2, -0.15) is 0 Å². The molecule has 0 radical (unpaired) electrons. The van der Waals surface area contributed by atoms with Crippen molar-refractivity contribution in [1.29, 1.82) is 0 Å². The molecule has 0 bridgehead atoms. The Morgan fingerprint density at radius 3 is 2.38 bits per heavy atom. The van der Waals surface area contributed by atoms with Crippen LogP contribution in [-0.4, -0.2) is 23.4 Å². The third kappa shape index (κ3) is 5.20. The molecule has 0 unspecified atom stereocenters. The van der Waals surface area contributed by atoms with Gasteiger partial charge in [0.2, 0.25) is 11.8 Å². The first-order chi connectivity index (χ1) is 12.2. The fourth-order valence-electron chi connectivity index (χ4n) is 2.00. The second-order valence-electron chi connectivity index (χ2n) is 6.65. The summed E-state index contributed by atoms with van der Waals surface area (Å²) in [7, 11) is 0. The van der Waals surface area contributed by atoms with E-state index in [0.717, 1.165) is 0 Å². The number of pyridine rings is 1. The maximum atomic E-state index is 12.5. The van der Waals surface area contributed by atoms with Crippen molar-refractivity contribution in [2.75, 3.05) is 17.2 Å². The molecule has 0 aliphatic heterocycles. The van der Waals surface area contributed by atoms with E-state index in [1.165, 1.54) is 0 Å². The average molecular weight is 376 g/mol. The molecule has 2 rings (SSSR count). The Morgan fingerprint density at radius 1 is 1.12 bits per heavy atom. The number of ether oxygens (including phenoxy) is 1. The lowest BCUT2D eigenvalue weighted by Crippen LogP contribution is -2.27. The number of hydrogen-bond acceptors (Lipinski definition) is 4. The maximum Gasteiger partial charge on any atom is 0.275 e. The van der Waals surface area contributed by atoms with Gasteiger partial charge in [0, 0.05) is 22.9 Å². The molecule has 26 heavy (non-hydrogen) atoms. The monoisotopic (exact) mass is 375 g/mol. The predicted molar refractivity (Wildman–Crippen MR) is 103 cm³/mol.